The molecule has 2 heterocycles. The second kappa shape index (κ2) is 7.05. The van der Waals surface area contributed by atoms with E-state index >= 15 is 0 Å². The summed E-state index contributed by atoms with van der Waals surface area (Å²) in [6, 6.07) is 8.17. The van der Waals surface area contributed by atoms with E-state index in [1.807, 2.05) is 37.4 Å². The zero-order valence-corrected chi connectivity index (χ0v) is 19.7. The number of rotatable bonds is 4. The zero-order valence-electron chi connectivity index (χ0n) is 19.0. The number of halogens is 1. The van der Waals surface area contributed by atoms with Crippen LogP contribution in [0.4, 0.5) is 5.95 Å². The highest BCUT2D eigenvalue weighted by atomic mass is 35.5. The molecular weight excluding hydrogens is 432 g/mol. The van der Waals surface area contributed by atoms with E-state index in [9.17, 15) is 4.79 Å². The molecule has 0 unspecified atom stereocenters. The lowest BCUT2D eigenvalue weighted by Crippen LogP contribution is -2.55. The second-order valence-corrected chi connectivity index (χ2v) is 11.5. The van der Waals surface area contributed by atoms with Gasteiger partial charge in [0.1, 0.15) is 5.65 Å². The second-order valence-electron chi connectivity index (χ2n) is 11.1. The number of benzene rings is 1. The molecule has 5 aliphatic carbocycles. The molecule has 1 aromatic carbocycles. The molecule has 33 heavy (non-hydrogen) atoms. The van der Waals surface area contributed by atoms with Crippen molar-refractivity contribution in [3.63, 3.8) is 0 Å². The first-order valence-electron chi connectivity index (χ1n) is 12.4. The van der Waals surface area contributed by atoms with Gasteiger partial charge < -0.3 is 5.32 Å². The van der Waals surface area contributed by atoms with Crippen LogP contribution in [-0.4, -0.2) is 20.6 Å². The molecule has 0 aliphatic heterocycles. The molecule has 0 radical (unpaired) electrons. The van der Waals surface area contributed by atoms with Crippen molar-refractivity contribution in [3.8, 4) is 11.1 Å². The fraction of sp³-hybridized carbons (Fsp3) is 0.519. The van der Waals surface area contributed by atoms with Crippen LogP contribution in [0.25, 0.3) is 22.2 Å². The van der Waals surface area contributed by atoms with Crippen molar-refractivity contribution in [2.45, 2.75) is 69.9 Å². The molecule has 5 fully saturated rings. The summed E-state index contributed by atoms with van der Waals surface area (Å²) in [4.78, 5) is 24.1. The molecule has 5 nitrogen and oxygen atoms in total. The van der Waals surface area contributed by atoms with Crippen LogP contribution in [0.15, 0.2) is 35.3 Å². The van der Waals surface area contributed by atoms with E-state index in [2.05, 4.69) is 14.9 Å². The van der Waals surface area contributed by atoms with Crippen molar-refractivity contribution in [2.24, 2.45) is 17.8 Å². The van der Waals surface area contributed by atoms with Crippen molar-refractivity contribution in [1.82, 2.24) is 14.5 Å². The zero-order chi connectivity index (χ0) is 22.3. The van der Waals surface area contributed by atoms with Crippen LogP contribution >= 0.6 is 11.6 Å². The Morgan fingerprint density at radius 2 is 1.73 bits per heavy atom. The maximum absolute atomic E-state index is 14.4. The lowest BCUT2D eigenvalue weighted by Gasteiger charge is -2.57. The highest BCUT2D eigenvalue weighted by molar-refractivity contribution is 6.33. The highest BCUT2D eigenvalue weighted by Gasteiger charge is 2.53. The van der Waals surface area contributed by atoms with E-state index in [1.165, 1.54) is 19.3 Å². The number of nitrogens with one attached hydrogen (secondary N) is 1. The Kier molecular flexibility index (Phi) is 4.28. The molecule has 0 atom stereocenters. The topological polar surface area (TPSA) is 59.8 Å². The van der Waals surface area contributed by atoms with Crippen molar-refractivity contribution in [1.29, 1.82) is 0 Å². The van der Waals surface area contributed by atoms with Crippen LogP contribution in [0.5, 0.6) is 0 Å². The minimum atomic E-state index is -0.140. The summed E-state index contributed by atoms with van der Waals surface area (Å²) >= 11 is 6.63. The highest BCUT2D eigenvalue weighted by Crippen LogP contribution is 2.59. The lowest BCUT2D eigenvalue weighted by atomic mass is 9.53. The smallest absolute Gasteiger partial charge is 0.260 e. The molecule has 170 valence electrons. The molecule has 2 aromatic heterocycles. The molecule has 3 aromatic rings. The number of aryl methyl sites for hydroxylation is 1. The minimum absolute atomic E-state index is 0.0612. The monoisotopic (exact) mass is 460 g/mol. The Bertz CT molecular complexity index is 1310. The van der Waals surface area contributed by atoms with Gasteiger partial charge in [-0.1, -0.05) is 29.8 Å². The summed E-state index contributed by atoms with van der Waals surface area (Å²) in [6.45, 7) is 2.02. The first-order valence-corrected chi connectivity index (χ1v) is 12.8. The Morgan fingerprint density at radius 3 is 2.36 bits per heavy atom. The molecule has 0 amide bonds. The van der Waals surface area contributed by atoms with Gasteiger partial charge in [0.25, 0.3) is 5.56 Å². The lowest BCUT2D eigenvalue weighted by molar-refractivity contribution is -0.0426. The Hall–Kier alpha value is -2.40. The average Bonchev–Trinajstić information content (AvgIpc) is 3.58. The fourth-order valence-electron chi connectivity index (χ4n) is 7.55. The Balaban J connectivity index is 1.53. The van der Waals surface area contributed by atoms with Crippen LogP contribution in [0.1, 0.15) is 56.9 Å². The molecule has 1 N–H and O–H groups in total. The number of pyridine rings is 1. The van der Waals surface area contributed by atoms with Gasteiger partial charge in [-0.2, -0.15) is 4.98 Å². The van der Waals surface area contributed by atoms with E-state index in [1.54, 1.807) is 0 Å². The average molecular weight is 461 g/mol. The third-order valence-corrected chi connectivity index (χ3v) is 9.04. The predicted octanol–water partition coefficient (Wildman–Crippen LogP) is 5.92. The molecule has 8 rings (SSSR count). The summed E-state index contributed by atoms with van der Waals surface area (Å²) < 4.78 is 2.11. The van der Waals surface area contributed by atoms with Gasteiger partial charge in [0.05, 0.1) is 11.1 Å². The van der Waals surface area contributed by atoms with Crippen LogP contribution in [0, 0.1) is 24.7 Å². The van der Waals surface area contributed by atoms with Crippen molar-refractivity contribution in [3.05, 3.63) is 51.4 Å². The number of fused-ring (bicyclic) bond motifs is 1. The summed E-state index contributed by atoms with van der Waals surface area (Å²) in [5.41, 5.74) is 3.15. The molecule has 5 aliphatic rings. The van der Waals surface area contributed by atoms with Crippen LogP contribution in [0.2, 0.25) is 5.02 Å². The van der Waals surface area contributed by atoms with Crippen molar-refractivity contribution >= 4 is 28.6 Å². The quantitative estimate of drug-likeness (QED) is 0.525. The van der Waals surface area contributed by atoms with Crippen LogP contribution in [0.3, 0.4) is 0 Å². The summed E-state index contributed by atoms with van der Waals surface area (Å²) in [7, 11) is 0. The molecular formula is C27H29ClN4O. The first-order chi connectivity index (χ1) is 16.0. The summed E-state index contributed by atoms with van der Waals surface area (Å²) in [6.07, 6.45) is 11.5. The molecule has 0 saturated heterocycles. The van der Waals surface area contributed by atoms with E-state index in [0.29, 0.717) is 22.6 Å². The molecule has 0 spiro atoms. The number of hydrogen-bond donors (Lipinski definition) is 1. The van der Waals surface area contributed by atoms with E-state index in [-0.39, 0.29) is 11.1 Å². The molecule has 6 heteroatoms. The Morgan fingerprint density at radius 1 is 1.06 bits per heavy atom. The number of anilines is 1. The molecule has 5 saturated carbocycles. The standard InChI is InChI=1S/C27H29ClN4O/c1-15-21-14-29-26(30-19-6-7-19)31-24(21)32(25(33)23(15)20-4-2-3-5-22(20)28)27-11-16-8-17(12-27)10-18(9-16)13-27/h2-5,14,16-19H,6-13H2,1H3,(H,29,30,31). The summed E-state index contributed by atoms with van der Waals surface area (Å²) in [5.74, 6) is 2.84. The van der Waals surface area contributed by atoms with Crippen LogP contribution in [-0.2, 0) is 5.54 Å². The maximum atomic E-state index is 14.4. The largest absolute Gasteiger partial charge is 0.351 e. The van der Waals surface area contributed by atoms with Gasteiger partial charge in [-0.05, 0) is 87.7 Å². The third-order valence-electron chi connectivity index (χ3n) is 8.71. The van der Waals surface area contributed by atoms with E-state index in [4.69, 9.17) is 16.6 Å². The SMILES string of the molecule is Cc1c(-c2ccccc2Cl)c(=O)n(C23CC4CC(CC(C4)C2)C3)c2nc(NC3CC3)ncc12. The number of aromatic nitrogens is 3. The number of hydrogen-bond acceptors (Lipinski definition) is 4. The van der Waals surface area contributed by atoms with E-state index < -0.39 is 0 Å². The minimum Gasteiger partial charge on any atom is -0.351 e. The van der Waals surface area contributed by atoms with Crippen LogP contribution < -0.4 is 10.9 Å². The third kappa shape index (κ3) is 3.08. The summed E-state index contributed by atoms with van der Waals surface area (Å²) in [5, 5.41) is 5.02. The van der Waals surface area contributed by atoms with Gasteiger partial charge in [-0.15, -0.1) is 0 Å². The van der Waals surface area contributed by atoms with Gasteiger partial charge in [0, 0.05) is 28.2 Å². The van der Waals surface area contributed by atoms with Crippen molar-refractivity contribution < 1.29 is 0 Å². The van der Waals surface area contributed by atoms with Gasteiger partial charge in [-0.25, -0.2) is 4.98 Å². The number of nitrogens with zero attached hydrogens (tertiary/aromatic N) is 3. The van der Waals surface area contributed by atoms with Gasteiger partial charge in [0.15, 0.2) is 0 Å². The fourth-order valence-corrected chi connectivity index (χ4v) is 7.78. The van der Waals surface area contributed by atoms with Gasteiger partial charge in [-0.3, -0.25) is 9.36 Å². The van der Waals surface area contributed by atoms with Crippen molar-refractivity contribution in [2.75, 3.05) is 5.32 Å². The molecule has 4 bridgehead atoms. The normalized spacial score (nSPS) is 30.2. The van der Waals surface area contributed by atoms with E-state index in [0.717, 1.165) is 72.0 Å². The maximum Gasteiger partial charge on any atom is 0.260 e. The van der Waals surface area contributed by atoms with Gasteiger partial charge in [0.2, 0.25) is 5.95 Å². The predicted molar refractivity (Wildman–Crippen MR) is 132 cm³/mol. The van der Waals surface area contributed by atoms with Gasteiger partial charge >= 0.3 is 0 Å². The first kappa shape index (κ1) is 20.0. The Labute approximate surface area is 198 Å².